The summed E-state index contributed by atoms with van der Waals surface area (Å²) < 4.78 is 0. The lowest BCUT2D eigenvalue weighted by molar-refractivity contribution is -0.144. The van der Waals surface area contributed by atoms with Gasteiger partial charge in [-0.15, -0.1) is 0 Å². The number of fused-ring (bicyclic) bond motifs is 1. The van der Waals surface area contributed by atoms with Gasteiger partial charge in [0.05, 0.1) is 12.5 Å². The highest BCUT2D eigenvalue weighted by Crippen LogP contribution is 2.19. The normalized spacial score (nSPS) is 13.8. The number of carboxylic acids is 3. The van der Waals surface area contributed by atoms with Crippen molar-refractivity contribution in [2.45, 2.75) is 62.7 Å². The summed E-state index contributed by atoms with van der Waals surface area (Å²) in [5, 5.41) is 35.0. The molecule has 11 N–H and O–H groups in total. The lowest BCUT2D eigenvalue weighted by atomic mass is 10.0. The van der Waals surface area contributed by atoms with Crippen molar-refractivity contribution >= 4 is 52.4 Å². The molecule has 0 saturated heterocycles. The Bertz CT molecular complexity index is 1310. The Labute approximate surface area is 232 Å². The quantitative estimate of drug-likeness (QED) is 0.101. The van der Waals surface area contributed by atoms with Crippen LogP contribution in [0.15, 0.2) is 30.5 Å². The van der Waals surface area contributed by atoms with Crippen molar-refractivity contribution in [3.63, 3.8) is 0 Å². The first kappa shape index (κ1) is 32.2. The number of aromatic amines is 1. The molecular formula is C25H32N6O10. The minimum atomic E-state index is -1.77. The Morgan fingerprint density at radius 2 is 1.39 bits per heavy atom. The summed E-state index contributed by atoms with van der Waals surface area (Å²) in [5.41, 5.74) is 12.1. The molecule has 0 spiro atoms. The van der Waals surface area contributed by atoms with E-state index in [0.717, 1.165) is 5.52 Å². The number of nitrogens with one attached hydrogen (secondary N) is 4. The molecule has 0 aliphatic rings. The number of aromatic nitrogens is 1. The third-order valence-electron chi connectivity index (χ3n) is 6.04. The van der Waals surface area contributed by atoms with Crippen LogP contribution >= 0.6 is 0 Å². The first-order valence-electron chi connectivity index (χ1n) is 12.4. The number of aliphatic carboxylic acids is 3. The number of carboxylic acid groups (broad SMARTS) is 3. The number of carbonyl (C=O) groups excluding carboxylic acids is 4. The highest BCUT2D eigenvalue weighted by molar-refractivity contribution is 5.96. The number of hydrogen-bond acceptors (Lipinski definition) is 8. The standard InChI is InChI=1S/C25H32N6O10/c26-14(5-8-20(33)34)22(37)30-17(9-12-11-28-15-4-2-1-3-13(12)15)23(38)31-18(10-21(35)36)24(39)29-16(25(40)41)6-7-19(27)32/h1-4,11,14,16-18,28H,5-10,26H2,(H2,27,32)(H,29,39)(H,30,37)(H,31,38)(H,33,34)(H,35,36)(H,40,41). The average Bonchev–Trinajstić information content (AvgIpc) is 3.30. The number of hydrogen-bond donors (Lipinski definition) is 9. The average molecular weight is 577 g/mol. The lowest BCUT2D eigenvalue weighted by Gasteiger charge is -2.24. The zero-order valence-electron chi connectivity index (χ0n) is 21.8. The third kappa shape index (κ3) is 10.2. The van der Waals surface area contributed by atoms with E-state index in [1.54, 1.807) is 30.5 Å². The number of rotatable bonds is 17. The van der Waals surface area contributed by atoms with Gasteiger partial charge in [0, 0.05) is 36.4 Å². The second-order valence-corrected chi connectivity index (χ2v) is 9.23. The van der Waals surface area contributed by atoms with E-state index in [2.05, 4.69) is 20.9 Å². The maximum atomic E-state index is 13.3. The van der Waals surface area contributed by atoms with Crippen LogP contribution in [0.5, 0.6) is 0 Å². The third-order valence-corrected chi connectivity index (χ3v) is 6.04. The van der Waals surface area contributed by atoms with E-state index in [1.807, 2.05) is 0 Å². The highest BCUT2D eigenvalue weighted by atomic mass is 16.4. The van der Waals surface area contributed by atoms with Crippen molar-refractivity contribution in [3.05, 3.63) is 36.0 Å². The van der Waals surface area contributed by atoms with E-state index in [4.69, 9.17) is 16.6 Å². The first-order chi connectivity index (χ1) is 19.3. The van der Waals surface area contributed by atoms with Crippen LogP contribution in [0, 0.1) is 0 Å². The van der Waals surface area contributed by atoms with Crippen LogP contribution in [0.2, 0.25) is 0 Å². The molecule has 1 heterocycles. The van der Waals surface area contributed by atoms with E-state index >= 15 is 0 Å². The van der Waals surface area contributed by atoms with Crippen molar-refractivity contribution < 1.29 is 48.9 Å². The Balaban J connectivity index is 2.29. The minimum Gasteiger partial charge on any atom is -0.481 e. The number of H-pyrrole nitrogens is 1. The van der Waals surface area contributed by atoms with E-state index in [0.29, 0.717) is 10.9 Å². The number of benzene rings is 1. The molecule has 0 aliphatic heterocycles. The molecule has 16 heteroatoms. The van der Waals surface area contributed by atoms with Gasteiger partial charge in [-0.1, -0.05) is 18.2 Å². The molecule has 4 atom stereocenters. The van der Waals surface area contributed by atoms with Gasteiger partial charge in [0.1, 0.15) is 18.1 Å². The van der Waals surface area contributed by atoms with Crippen LogP contribution < -0.4 is 27.4 Å². The fourth-order valence-corrected chi connectivity index (χ4v) is 3.89. The first-order valence-corrected chi connectivity index (χ1v) is 12.4. The molecule has 2 rings (SSSR count). The second-order valence-electron chi connectivity index (χ2n) is 9.23. The second kappa shape index (κ2) is 15.0. The summed E-state index contributed by atoms with van der Waals surface area (Å²) in [5.74, 6) is -8.02. The molecule has 0 radical (unpaired) electrons. The molecule has 0 bridgehead atoms. The van der Waals surface area contributed by atoms with Gasteiger partial charge in [-0.25, -0.2) is 4.79 Å². The predicted molar refractivity (Wildman–Crippen MR) is 141 cm³/mol. The monoisotopic (exact) mass is 576 g/mol. The Morgan fingerprint density at radius 3 is 2.00 bits per heavy atom. The van der Waals surface area contributed by atoms with E-state index < -0.39 is 78.5 Å². The number of amides is 4. The largest absolute Gasteiger partial charge is 0.481 e. The van der Waals surface area contributed by atoms with Gasteiger partial charge in [0.25, 0.3) is 0 Å². The van der Waals surface area contributed by atoms with Crippen LogP contribution in [0.25, 0.3) is 10.9 Å². The zero-order valence-corrected chi connectivity index (χ0v) is 21.8. The van der Waals surface area contributed by atoms with Crippen LogP contribution in [-0.4, -0.2) is 86.0 Å². The lowest BCUT2D eigenvalue weighted by Crippen LogP contribution is -2.58. The summed E-state index contributed by atoms with van der Waals surface area (Å²) >= 11 is 0. The van der Waals surface area contributed by atoms with Crippen LogP contribution in [0.3, 0.4) is 0 Å². The molecule has 2 aromatic rings. The number of nitrogens with two attached hydrogens (primary N) is 2. The van der Waals surface area contributed by atoms with Gasteiger partial charge < -0.3 is 47.7 Å². The highest BCUT2D eigenvalue weighted by Gasteiger charge is 2.32. The summed E-state index contributed by atoms with van der Waals surface area (Å²) in [6, 6.07) is 1.01. The molecule has 4 amide bonds. The molecular weight excluding hydrogens is 544 g/mol. The summed E-state index contributed by atoms with van der Waals surface area (Å²) in [6.07, 6.45) is -0.870. The van der Waals surface area contributed by atoms with Gasteiger partial charge in [-0.3, -0.25) is 28.8 Å². The molecule has 4 unspecified atom stereocenters. The minimum absolute atomic E-state index is 0.134. The van der Waals surface area contributed by atoms with Gasteiger partial charge >= 0.3 is 17.9 Å². The number of primary amides is 1. The Kier molecular flexibility index (Phi) is 11.8. The van der Waals surface area contributed by atoms with E-state index in [-0.39, 0.29) is 25.7 Å². The predicted octanol–water partition coefficient (Wildman–Crippen LogP) is -1.82. The van der Waals surface area contributed by atoms with Crippen molar-refractivity contribution in [2.75, 3.05) is 0 Å². The molecule has 0 fully saturated rings. The molecule has 222 valence electrons. The maximum absolute atomic E-state index is 13.3. The van der Waals surface area contributed by atoms with Crippen LogP contribution in [0.1, 0.15) is 37.7 Å². The molecule has 0 aliphatic carbocycles. The summed E-state index contributed by atoms with van der Waals surface area (Å²) in [4.78, 5) is 86.8. The van der Waals surface area contributed by atoms with Crippen LogP contribution in [0.4, 0.5) is 0 Å². The SMILES string of the molecule is NC(=O)CCC(NC(=O)C(CC(=O)O)NC(=O)C(Cc1c[nH]c2ccccc12)NC(=O)C(N)CCC(=O)O)C(=O)O. The van der Waals surface area contributed by atoms with Gasteiger partial charge in [-0.05, 0) is 24.5 Å². The fraction of sp³-hybridized carbons (Fsp3) is 0.400. The van der Waals surface area contributed by atoms with Crippen molar-refractivity contribution in [2.24, 2.45) is 11.5 Å². The topological polar surface area (TPSA) is 284 Å². The molecule has 1 aromatic heterocycles. The molecule has 1 aromatic carbocycles. The zero-order chi connectivity index (χ0) is 30.7. The van der Waals surface area contributed by atoms with E-state index in [1.165, 1.54) is 0 Å². The Hall–Kier alpha value is -4.99. The van der Waals surface area contributed by atoms with Gasteiger partial charge in [0.2, 0.25) is 23.6 Å². The summed E-state index contributed by atoms with van der Waals surface area (Å²) in [6.45, 7) is 0. The fourth-order valence-electron chi connectivity index (χ4n) is 3.89. The van der Waals surface area contributed by atoms with Crippen molar-refractivity contribution in [1.29, 1.82) is 0 Å². The molecule has 0 saturated carbocycles. The molecule has 41 heavy (non-hydrogen) atoms. The van der Waals surface area contributed by atoms with Gasteiger partial charge in [-0.2, -0.15) is 0 Å². The summed E-state index contributed by atoms with van der Waals surface area (Å²) in [7, 11) is 0. The number of para-hydroxylation sites is 1. The van der Waals surface area contributed by atoms with Gasteiger partial charge in [0.15, 0.2) is 0 Å². The molecule has 16 nitrogen and oxygen atoms in total. The van der Waals surface area contributed by atoms with Crippen molar-refractivity contribution in [3.8, 4) is 0 Å². The maximum Gasteiger partial charge on any atom is 0.326 e. The Morgan fingerprint density at radius 1 is 0.780 bits per heavy atom. The van der Waals surface area contributed by atoms with Crippen LogP contribution in [-0.2, 0) is 40.0 Å². The number of carbonyl (C=O) groups is 7. The van der Waals surface area contributed by atoms with Crippen molar-refractivity contribution in [1.82, 2.24) is 20.9 Å². The van der Waals surface area contributed by atoms with E-state index in [9.17, 15) is 43.8 Å². The smallest absolute Gasteiger partial charge is 0.326 e.